The van der Waals surface area contributed by atoms with Crippen LogP contribution in [0.3, 0.4) is 0 Å². The molecule has 2 rings (SSSR count). The number of rotatable bonds is 7. The number of ether oxygens (including phenoxy) is 1. The zero-order valence-corrected chi connectivity index (χ0v) is 15.0. The van der Waals surface area contributed by atoms with Crippen molar-refractivity contribution in [1.29, 1.82) is 0 Å². The number of hydrogen-bond acceptors (Lipinski definition) is 5. The Hall–Kier alpha value is -1.65. The number of hydrogen-bond donors (Lipinski definition) is 0. The Morgan fingerprint density at radius 1 is 1.04 bits per heavy atom. The molecule has 0 radical (unpaired) electrons. The van der Waals surface area contributed by atoms with Crippen LogP contribution in [0.2, 0.25) is 5.02 Å². The van der Waals surface area contributed by atoms with Gasteiger partial charge in [0, 0.05) is 25.7 Å². The van der Waals surface area contributed by atoms with Crippen LogP contribution in [-0.4, -0.2) is 26.0 Å². The smallest absolute Gasteiger partial charge is 0.370 e. The van der Waals surface area contributed by atoms with Gasteiger partial charge < -0.3 is 13.8 Å². The van der Waals surface area contributed by atoms with Crippen LogP contribution < -0.4 is 0 Å². The van der Waals surface area contributed by atoms with Crippen molar-refractivity contribution < 1.29 is 23.1 Å². The fourth-order valence-corrected chi connectivity index (χ4v) is 3.52. The SMILES string of the molecule is COP(=O)(OC)[C@@H](Cc1ccc(Cl)cc1)OC(=O)c1ccccc1. The van der Waals surface area contributed by atoms with Crippen LogP contribution in [0.15, 0.2) is 54.6 Å². The zero-order valence-electron chi connectivity index (χ0n) is 13.3. The maximum atomic E-state index is 12.7. The molecule has 0 aromatic heterocycles. The molecule has 2 aromatic rings. The first-order valence-corrected chi connectivity index (χ1v) is 9.19. The third-order valence-corrected chi connectivity index (χ3v) is 5.70. The lowest BCUT2D eigenvalue weighted by Crippen LogP contribution is -2.22. The lowest BCUT2D eigenvalue weighted by molar-refractivity contribution is 0.0385. The molecule has 7 heteroatoms. The molecule has 0 bridgehead atoms. The monoisotopic (exact) mass is 368 g/mol. The van der Waals surface area contributed by atoms with E-state index in [0.717, 1.165) is 5.56 Å². The molecule has 24 heavy (non-hydrogen) atoms. The summed E-state index contributed by atoms with van der Waals surface area (Å²) >= 11 is 5.87. The first-order valence-electron chi connectivity index (χ1n) is 7.20. The van der Waals surface area contributed by atoms with E-state index in [-0.39, 0.29) is 6.42 Å². The molecular formula is C17H18ClO5P. The number of carbonyl (C=O) groups is 1. The summed E-state index contributed by atoms with van der Waals surface area (Å²) < 4.78 is 28.2. The molecule has 0 aliphatic rings. The summed E-state index contributed by atoms with van der Waals surface area (Å²) in [4.78, 5) is 12.3. The molecule has 0 N–H and O–H groups in total. The van der Waals surface area contributed by atoms with Crippen molar-refractivity contribution in [1.82, 2.24) is 0 Å². The number of esters is 1. The second kappa shape index (κ2) is 8.45. The minimum absolute atomic E-state index is 0.175. The lowest BCUT2D eigenvalue weighted by atomic mass is 10.1. The van der Waals surface area contributed by atoms with Gasteiger partial charge in [0.25, 0.3) is 0 Å². The van der Waals surface area contributed by atoms with E-state index in [0.29, 0.717) is 10.6 Å². The van der Waals surface area contributed by atoms with Crippen molar-refractivity contribution in [2.24, 2.45) is 0 Å². The zero-order chi connectivity index (χ0) is 17.6. The van der Waals surface area contributed by atoms with E-state index in [1.807, 2.05) is 0 Å². The molecule has 0 aliphatic heterocycles. The first kappa shape index (κ1) is 18.7. The van der Waals surface area contributed by atoms with Gasteiger partial charge in [0.1, 0.15) is 0 Å². The quantitative estimate of drug-likeness (QED) is 0.530. The van der Waals surface area contributed by atoms with Crippen LogP contribution in [0.4, 0.5) is 0 Å². The molecule has 0 unspecified atom stereocenters. The predicted molar refractivity (Wildman–Crippen MR) is 92.4 cm³/mol. The number of halogens is 1. The van der Waals surface area contributed by atoms with Gasteiger partial charge in [0.05, 0.1) is 5.56 Å². The summed E-state index contributed by atoms with van der Waals surface area (Å²) in [5.41, 5.74) is 1.15. The Morgan fingerprint density at radius 3 is 2.17 bits per heavy atom. The van der Waals surface area contributed by atoms with Gasteiger partial charge in [-0.3, -0.25) is 4.57 Å². The van der Waals surface area contributed by atoms with E-state index in [2.05, 4.69) is 0 Å². The maximum Gasteiger partial charge on any atom is 0.370 e. The van der Waals surface area contributed by atoms with Crippen molar-refractivity contribution in [2.45, 2.75) is 12.3 Å². The molecule has 0 fully saturated rings. The minimum atomic E-state index is -3.62. The van der Waals surface area contributed by atoms with Gasteiger partial charge in [-0.05, 0) is 29.8 Å². The van der Waals surface area contributed by atoms with E-state index in [1.165, 1.54) is 14.2 Å². The highest BCUT2D eigenvalue weighted by atomic mass is 35.5. The topological polar surface area (TPSA) is 61.8 Å². The van der Waals surface area contributed by atoms with Crippen molar-refractivity contribution in [2.75, 3.05) is 14.2 Å². The molecule has 0 amide bonds. The van der Waals surface area contributed by atoms with Gasteiger partial charge in [0.15, 0.2) is 0 Å². The summed E-state index contributed by atoms with van der Waals surface area (Å²) in [6, 6.07) is 15.4. The number of carbonyl (C=O) groups excluding carboxylic acids is 1. The normalized spacial score (nSPS) is 12.6. The van der Waals surface area contributed by atoms with E-state index in [4.69, 9.17) is 25.4 Å². The Morgan fingerprint density at radius 2 is 1.62 bits per heavy atom. The van der Waals surface area contributed by atoms with Gasteiger partial charge in [-0.1, -0.05) is 41.9 Å². The van der Waals surface area contributed by atoms with Crippen molar-refractivity contribution in [3.8, 4) is 0 Å². The van der Waals surface area contributed by atoms with Crippen LogP contribution >= 0.6 is 19.2 Å². The Bertz CT molecular complexity index is 710. The average Bonchev–Trinajstić information content (AvgIpc) is 2.63. The summed E-state index contributed by atoms with van der Waals surface area (Å²) in [5.74, 6) is -1.66. The van der Waals surface area contributed by atoms with E-state index in [9.17, 15) is 9.36 Å². The molecule has 0 spiro atoms. The first-order chi connectivity index (χ1) is 11.5. The Labute approximate surface area is 146 Å². The third-order valence-electron chi connectivity index (χ3n) is 3.44. The maximum absolute atomic E-state index is 12.7. The van der Waals surface area contributed by atoms with Crippen molar-refractivity contribution >= 4 is 25.2 Å². The second-order valence-corrected chi connectivity index (χ2v) is 7.78. The van der Waals surface area contributed by atoms with Crippen LogP contribution in [0.1, 0.15) is 15.9 Å². The summed E-state index contributed by atoms with van der Waals surface area (Å²) in [6.07, 6.45) is 0.175. The fraction of sp³-hybridized carbons (Fsp3) is 0.235. The fourth-order valence-electron chi connectivity index (χ4n) is 2.12. The van der Waals surface area contributed by atoms with Crippen LogP contribution in [0.25, 0.3) is 0 Å². The molecule has 0 saturated heterocycles. The molecule has 0 aliphatic carbocycles. The third kappa shape index (κ3) is 4.68. The lowest BCUT2D eigenvalue weighted by Gasteiger charge is -2.24. The van der Waals surface area contributed by atoms with Crippen molar-refractivity contribution in [3.05, 3.63) is 70.7 Å². The molecule has 1 atom stereocenters. The highest BCUT2D eigenvalue weighted by Crippen LogP contribution is 2.53. The summed E-state index contributed by atoms with van der Waals surface area (Å²) in [6.45, 7) is 0. The average molecular weight is 369 g/mol. The Kier molecular flexibility index (Phi) is 6.58. The summed E-state index contributed by atoms with van der Waals surface area (Å²) in [7, 11) is -1.10. The van der Waals surface area contributed by atoms with E-state index >= 15 is 0 Å². The van der Waals surface area contributed by atoms with Crippen LogP contribution in [0, 0.1) is 0 Å². The summed E-state index contributed by atoms with van der Waals surface area (Å²) in [5, 5.41) is 0.582. The van der Waals surface area contributed by atoms with Gasteiger partial charge in [0.2, 0.25) is 5.85 Å². The highest BCUT2D eigenvalue weighted by Gasteiger charge is 2.37. The molecule has 128 valence electrons. The van der Waals surface area contributed by atoms with Crippen LogP contribution in [0.5, 0.6) is 0 Å². The molecule has 0 heterocycles. The van der Waals surface area contributed by atoms with Gasteiger partial charge in [-0.25, -0.2) is 4.79 Å². The molecule has 2 aromatic carbocycles. The van der Waals surface area contributed by atoms with E-state index < -0.39 is 19.4 Å². The molecular weight excluding hydrogens is 351 g/mol. The van der Waals surface area contributed by atoms with Crippen LogP contribution in [-0.2, 0) is 24.8 Å². The number of benzene rings is 2. The highest BCUT2D eigenvalue weighted by molar-refractivity contribution is 7.54. The second-order valence-electron chi connectivity index (χ2n) is 4.96. The largest absolute Gasteiger partial charge is 0.445 e. The van der Waals surface area contributed by atoms with Gasteiger partial charge in [-0.2, -0.15) is 0 Å². The standard InChI is InChI=1S/C17H18ClO5P/c1-21-24(20,22-2)16(12-13-8-10-15(18)11-9-13)23-17(19)14-6-4-3-5-7-14/h3-11,16H,12H2,1-2H3/t16-/m0/s1. The van der Waals surface area contributed by atoms with Gasteiger partial charge >= 0.3 is 13.6 Å². The minimum Gasteiger partial charge on any atom is -0.445 e. The van der Waals surface area contributed by atoms with Gasteiger partial charge in [-0.15, -0.1) is 0 Å². The predicted octanol–water partition coefficient (Wildman–Crippen LogP) is 4.55. The molecule has 0 saturated carbocycles. The van der Waals surface area contributed by atoms with Crippen molar-refractivity contribution in [3.63, 3.8) is 0 Å². The molecule has 5 nitrogen and oxygen atoms in total. The Balaban J connectivity index is 2.24. The van der Waals surface area contributed by atoms with E-state index in [1.54, 1.807) is 54.6 Å².